The van der Waals surface area contributed by atoms with Gasteiger partial charge in [-0.05, 0) is 25.3 Å². The zero-order chi connectivity index (χ0) is 13.1. The quantitative estimate of drug-likeness (QED) is 0.883. The van der Waals surface area contributed by atoms with Crippen LogP contribution in [0, 0.1) is 5.92 Å². The third-order valence-electron chi connectivity index (χ3n) is 3.53. The van der Waals surface area contributed by atoms with Gasteiger partial charge in [-0.3, -0.25) is 9.69 Å². The number of rotatable bonds is 5. The van der Waals surface area contributed by atoms with E-state index in [1.807, 2.05) is 0 Å². The summed E-state index contributed by atoms with van der Waals surface area (Å²) in [6, 6.07) is 0. The van der Waals surface area contributed by atoms with Crippen molar-refractivity contribution in [1.29, 1.82) is 0 Å². The van der Waals surface area contributed by atoms with Crippen LogP contribution in [-0.2, 0) is 4.79 Å². The van der Waals surface area contributed by atoms with Crippen molar-refractivity contribution in [3.8, 4) is 0 Å². The summed E-state index contributed by atoms with van der Waals surface area (Å²) in [5.41, 5.74) is 5.62. The molecule has 100 valence electrons. The van der Waals surface area contributed by atoms with E-state index in [-0.39, 0.29) is 11.8 Å². The average molecular weight is 268 g/mol. The van der Waals surface area contributed by atoms with E-state index in [2.05, 4.69) is 24.0 Å². The van der Waals surface area contributed by atoms with Crippen molar-refractivity contribution in [2.45, 2.75) is 39.0 Å². The Labute approximate surface area is 111 Å². The van der Waals surface area contributed by atoms with Crippen LogP contribution in [0.15, 0.2) is 0 Å². The largest absolute Gasteiger partial charge is 0.330 e. The minimum atomic E-state index is 0.123. The molecule has 1 atom stereocenters. The molecular weight excluding hydrogens is 248 g/mol. The third-order valence-corrected chi connectivity index (χ3v) is 4.64. The number of nitrogens with zero attached hydrogens (tertiary/aromatic N) is 3. The fourth-order valence-electron chi connectivity index (χ4n) is 2.26. The summed E-state index contributed by atoms with van der Waals surface area (Å²) >= 11 is 1.55. The van der Waals surface area contributed by atoms with Crippen LogP contribution in [-0.4, -0.2) is 29.2 Å². The number of anilines is 1. The van der Waals surface area contributed by atoms with Crippen molar-refractivity contribution in [2.75, 3.05) is 18.0 Å². The molecule has 1 aliphatic heterocycles. The Hall–Kier alpha value is -1.01. The van der Waals surface area contributed by atoms with Crippen LogP contribution in [0.25, 0.3) is 0 Å². The first kappa shape index (κ1) is 13.4. The summed E-state index contributed by atoms with van der Waals surface area (Å²) in [5.74, 6) is 0.843. The fraction of sp³-hybridized carbons (Fsp3) is 0.750. The van der Waals surface area contributed by atoms with Gasteiger partial charge in [-0.25, -0.2) is 0 Å². The van der Waals surface area contributed by atoms with Gasteiger partial charge in [0.2, 0.25) is 11.0 Å². The smallest absolute Gasteiger partial charge is 0.229 e. The van der Waals surface area contributed by atoms with E-state index in [1.165, 1.54) is 0 Å². The molecule has 1 fully saturated rings. The van der Waals surface area contributed by atoms with Gasteiger partial charge in [0.15, 0.2) is 0 Å². The summed E-state index contributed by atoms with van der Waals surface area (Å²) in [5, 5.41) is 10.2. The van der Waals surface area contributed by atoms with Crippen LogP contribution in [0.1, 0.15) is 44.0 Å². The molecule has 2 N–H and O–H groups in total. The maximum absolute atomic E-state index is 11.9. The second-order valence-electron chi connectivity index (χ2n) is 4.75. The minimum absolute atomic E-state index is 0.123. The Balaban J connectivity index is 2.13. The summed E-state index contributed by atoms with van der Waals surface area (Å²) in [7, 11) is 0. The van der Waals surface area contributed by atoms with Crippen molar-refractivity contribution < 1.29 is 4.79 Å². The lowest BCUT2D eigenvalue weighted by Gasteiger charge is -2.11. The maximum atomic E-state index is 11.9. The highest BCUT2D eigenvalue weighted by Crippen LogP contribution is 2.32. The van der Waals surface area contributed by atoms with Crippen LogP contribution >= 0.6 is 11.3 Å². The Morgan fingerprint density at radius 1 is 1.44 bits per heavy atom. The fourth-order valence-corrected chi connectivity index (χ4v) is 3.40. The van der Waals surface area contributed by atoms with Gasteiger partial charge < -0.3 is 5.73 Å². The molecule has 2 heterocycles. The number of hydrogen-bond acceptors (Lipinski definition) is 5. The molecule has 18 heavy (non-hydrogen) atoms. The molecule has 1 saturated heterocycles. The molecule has 0 bridgehead atoms. The van der Waals surface area contributed by atoms with E-state index in [0.717, 1.165) is 23.0 Å². The zero-order valence-electron chi connectivity index (χ0n) is 10.9. The predicted molar refractivity (Wildman–Crippen MR) is 72.7 cm³/mol. The average Bonchev–Trinajstić information content (AvgIpc) is 2.97. The normalized spacial score (nSPS) is 20.1. The summed E-state index contributed by atoms with van der Waals surface area (Å²) < 4.78 is 0. The Morgan fingerprint density at radius 3 is 2.72 bits per heavy atom. The number of hydrogen-bond donors (Lipinski definition) is 1. The van der Waals surface area contributed by atoms with Gasteiger partial charge in [0.05, 0.1) is 0 Å². The Kier molecular flexibility index (Phi) is 4.29. The highest BCUT2D eigenvalue weighted by atomic mass is 32.1. The van der Waals surface area contributed by atoms with Gasteiger partial charge in [0, 0.05) is 18.9 Å². The van der Waals surface area contributed by atoms with Crippen LogP contribution < -0.4 is 10.6 Å². The number of nitrogens with two attached hydrogens (primary N) is 1. The van der Waals surface area contributed by atoms with Gasteiger partial charge >= 0.3 is 0 Å². The topological polar surface area (TPSA) is 72.1 Å². The molecule has 0 radical (unpaired) electrons. The van der Waals surface area contributed by atoms with Gasteiger partial charge in [0.25, 0.3) is 0 Å². The second kappa shape index (κ2) is 5.75. The summed E-state index contributed by atoms with van der Waals surface area (Å²) in [6.07, 6.45) is 2.66. The van der Waals surface area contributed by atoms with Crippen molar-refractivity contribution in [3.05, 3.63) is 5.01 Å². The summed E-state index contributed by atoms with van der Waals surface area (Å²) in [6.45, 7) is 5.55. The molecule has 1 aliphatic rings. The van der Waals surface area contributed by atoms with Crippen molar-refractivity contribution in [3.63, 3.8) is 0 Å². The van der Waals surface area contributed by atoms with Gasteiger partial charge in [0.1, 0.15) is 5.01 Å². The monoisotopic (exact) mass is 268 g/mol. The zero-order valence-corrected chi connectivity index (χ0v) is 11.7. The molecule has 1 aromatic rings. The molecule has 1 aromatic heterocycles. The molecule has 0 aliphatic carbocycles. The van der Waals surface area contributed by atoms with E-state index in [0.29, 0.717) is 25.4 Å². The van der Waals surface area contributed by atoms with E-state index >= 15 is 0 Å². The third kappa shape index (κ3) is 2.54. The van der Waals surface area contributed by atoms with Crippen molar-refractivity contribution in [1.82, 2.24) is 10.2 Å². The van der Waals surface area contributed by atoms with Gasteiger partial charge in [-0.15, -0.1) is 10.2 Å². The second-order valence-corrected chi connectivity index (χ2v) is 5.73. The molecule has 0 saturated carbocycles. The first-order valence-electron chi connectivity index (χ1n) is 6.53. The van der Waals surface area contributed by atoms with E-state index < -0.39 is 0 Å². The van der Waals surface area contributed by atoms with E-state index in [1.54, 1.807) is 16.2 Å². The van der Waals surface area contributed by atoms with E-state index in [4.69, 9.17) is 5.73 Å². The SMILES string of the molecule is CCC(CC)c1nnc(N2CC(CN)CC2=O)s1. The lowest BCUT2D eigenvalue weighted by Crippen LogP contribution is -2.25. The number of amides is 1. The van der Waals surface area contributed by atoms with Gasteiger partial charge in [-0.2, -0.15) is 0 Å². The lowest BCUT2D eigenvalue weighted by molar-refractivity contribution is -0.117. The van der Waals surface area contributed by atoms with E-state index in [9.17, 15) is 4.79 Å². The molecule has 0 aromatic carbocycles. The maximum Gasteiger partial charge on any atom is 0.229 e. The number of aromatic nitrogens is 2. The Bertz CT molecular complexity index is 416. The number of carbonyl (C=O) groups is 1. The molecular formula is C12H20N4OS. The van der Waals surface area contributed by atoms with Crippen LogP contribution in [0.5, 0.6) is 0 Å². The Morgan fingerprint density at radius 2 is 2.17 bits per heavy atom. The molecule has 1 amide bonds. The van der Waals surface area contributed by atoms with Crippen LogP contribution in [0.2, 0.25) is 0 Å². The standard InChI is InChI=1S/C12H20N4OS/c1-3-9(4-2)11-14-15-12(18-11)16-7-8(6-13)5-10(16)17/h8-9H,3-7,13H2,1-2H3. The first-order valence-corrected chi connectivity index (χ1v) is 7.35. The molecule has 1 unspecified atom stereocenters. The molecule has 2 rings (SSSR count). The van der Waals surface area contributed by atoms with Crippen LogP contribution in [0.3, 0.4) is 0 Å². The minimum Gasteiger partial charge on any atom is -0.330 e. The molecule has 0 spiro atoms. The van der Waals surface area contributed by atoms with Crippen LogP contribution in [0.4, 0.5) is 5.13 Å². The van der Waals surface area contributed by atoms with Crippen molar-refractivity contribution >= 4 is 22.4 Å². The molecule has 5 nitrogen and oxygen atoms in total. The number of carbonyl (C=O) groups excluding carboxylic acids is 1. The lowest BCUT2D eigenvalue weighted by atomic mass is 10.1. The first-order chi connectivity index (χ1) is 8.69. The van der Waals surface area contributed by atoms with Gasteiger partial charge in [-0.1, -0.05) is 25.2 Å². The highest BCUT2D eigenvalue weighted by molar-refractivity contribution is 7.15. The highest BCUT2D eigenvalue weighted by Gasteiger charge is 2.32. The van der Waals surface area contributed by atoms with Crippen molar-refractivity contribution in [2.24, 2.45) is 11.7 Å². The molecule has 6 heteroatoms. The summed E-state index contributed by atoms with van der Waals surface area (Å²) in [4.78, 5) is 13.6. The predicted octanol–water partition coefficient (Wildman–Crippen LogP) is 1.75.